The number of fused-ring (bicyclic) bond motifs is 2. The quantitative estimate of drug-likeness (QED) is 0.295. The second-order valence-corrected chi connectivity index (χ2v) is 9.61. The molecule has 4 aromatic rings. The summed E-state index contributed by atoms with van der Waals surface area (Å²) in [6.07, 6.45) is 2.89. The molecular weight excluding hydrogens is 432 g/mol. The second kappa shape index (κ2) is 8.90. The average molecular weight is 457 g/mol. The molecule has 33 heavy (non-hydrogen) atoms. The molecule has 0 saturated carbocycles. The molecule has 6 nitrogen and oxygen atoms in total. The Labute approximate surface area is 196 Å². The van der Waals surface area contributed by atoms with Crippen molar-refractivity contribution >= 4 is 29.1 Å². The molecule has 0 aliphatic heterocycles. The third-order valence-corrected chi connectivity index (χ3v) is 6.90. The fourth-order valence-corrected chi connectivity index (χ4v) is 4.87. The summed E-state index contributed by atoms with van der Waals surface area (Å²) in [4.78, 5) is 34.4. The van der Waals surface area contributed by atoms with Gasteiger partial charge in [-0.05, 0) is 29.4 Å². The van der Waals surface area contributed by atoms with E-state index < -0.39 is 0 Å². The van der Waals surface area contributed by atoms with E-state index in [-0.39, 0.29) is 23.2 Å². The molecule has 0 saturated heterocycles. The number of carbonyl (C=O) groups excluding carboxylic acids is 2. The first-order valence-corrected chi connectivity index (χ1v) is 12.1. The number of aromatic nitrogens is 4. The molecule has 0 fully saturated rings. The maximum Gasteiger partial charge on any atom is 0.253 e. The predicted molar refractivity (Wildman–Crippen MR) is 128 cm³/mol. The van der Waals surface area contributed by atoms with Crippen molar-refractivity contribution in [2.75, 3.05) is 5.75 Å². The van der Waals surface area contributed by atoms with E-state index in [1.165, 1.54) is 17.3 Å². The second-order valence-electron chi connectivity index (χ2n) is 8.67. The molecule has 7 heteroatoms. The zero-order valence-corrected chi connectivity index (χ0v) is 19.4. The van der Waals surface area contributed by atoms with E-state index in [1.807, 2.05) is 18.2 Å². The summed E-state index contributed by atoms with van der Waals surface area (Å²) in [7, 11) is 0. The Kier molecular flexibility index (Phi) is 5.81. The fraction of sp³-hybridized carbons (Fsp3) is 0.269. The zero-order valence-electron chi connectivity index (χ0n) is 18.6. The molecule has 0 bridgehead atoms. The van der Waals surface area contributed by atoms with Gasteiger partial charge in [-0.3, -0.25) is 9.59 Å². The van der Waals surface area contributed by atoms with Crippen LogP contribution in [0.15, 0.2) is 66.0 Å². The van der Waals surface area contributed by atoms with E-state index in [0.717, 1.165) is 11.3 Å². The van der Waals surface area contributed by atoms with Crippen molar-refractivity contribution in [1.29, 1.82) is 0 Å². The maximum absolute atomic E-state index is 12.9. The molecule has 1 atom stereocenters. The summed E-state index contributed by atoms with van der Waals surface area (Å²) in [5, 5.41) is 4.90. The summed E-state index contributed by atoms with van der Waals surface area (Å²) in [6, 6.07) is 17.7. The van der Waals surface area contributed by atoms with Gasteiger partial charge in [-0.15, -0.1) is 5.10 Å². The fourth-order valence-electron chi connectivity index (χ4n) is 4.15. The lowest BCUT2D eigenvalue weighted by Crippen LogP contribution is -2.21. The van der Waals surface area contributed by atoms with Crippen LogP contribution in [0.3, 0.4) is 0 Å². The van der Waals surface area contributed by atoms with Crippen LogP contribution in [0.5, 0.6) is 0 Å². The van der Waals surface area contributed by atoms with Gasteiger partial charge in [0.05, 0.1) is 17.0 Å². The largest absolute Gasteiger partial charge is 0.294 e. The minimum absolute atomic E-state index is 0.0215. The molecule has 2 aromatic carbocycles. The average Bonchev–Trinajstić information content (AvgIpc) is 3.23. The number of hydrogen-bond acceptors (Lipinski definition) is 6. The van der Waals surface area contributed by atoms with Gasteiger partial charge >= 0.3 is 0 Å². The van der Waals surface area contributed by atoms with Crippen LogP contribution >= 0.6 is 11.8 Å². The molecule has 166 valence electrons. The van der Waals surface area contributed by atoms with Crippen LogP contribution in [0.4, 0.5) is 0 Å². The molecule has 2 aromatic heterocycles. The van der Waals surface area contributed by atoms with Gasteiger partial charge in [0, 0.05) is 18.2 Å². The Morgan fingerprint density at radius 3 is 2.55 bits per heavy atom. The number of hydrogen-bond donors (Lipinski definition) is 0. The summed E-state index contributed by atoms with van der Waals surface area (Å²) in [5.74, 6) is 1.38. The van der Waals surface area contributed by atoms with E-state index in [2.05, 4.69) is 53.2 Å². The predicted octanol–water partition coefficient (Wildman–Crippen LogP) is 5.14. The van der Waals surface area contributed by atoms with Gasteiger partial charge in [-0.1, -0.05) is 80.2 Å². The minimum Gasteiger partial charge on any atom is -0.294 e. The molecule has 2 heterocycles. The minimum atomic E-state index is 0.0215. The number of thioether (sulfide) groups is 1. The third kappa shape index (κ3) is 4.46. The van der Waals surface area contributed by atoms with Crippen molar-refractivity contribution in [3.8, 4) is 0 Å². The number of rotatable bonds is 6. The molecule has 0 spiro atoms. The molecule has 0 unspecified atom stereocenters. The highest BCUT2D eigenvalue weighted by atomic mass is 32.2. The zero-order chi connectivity index (χ0) is 22.9. The smallest absolute Gasteiger partial charge is 0.253 e. The van der Waals surface area contributed by atoms with E-state index in [0.29, 0.717) is 40.8 Å². The molecule has 0 amide bonds. The van der Waals surface area contributed by atoms with Crippen molar-refractivity contribution in [2.45, 2.75) is 43.7 Å². The van der Waals surface area contributed by atoms with Crippen molar-refractivity contribution < 1.29 is 9.59 Å². The van der Waals surface area contributed by atoms with Crippen molar-refractivity contribution in [3.05, 3.63) is 88.7 Å². The van der Waals surface area contributed by atoms with Gasteiger partial charge in [0.1, 0.15) is 0 Å². The Morgan fingerprint density at radius 2 is 1.82 bits per heavy atom. The van der Waals surface area contributed by atoms with E-state index in [4.69, 9.17) is 0 Å². The van der Waals surface area contributed by atoms with Crippen LogP contribution in [0.2, 0.25) is 0 Å². The van der Waals surface area contributed by atoms with Gasteiger partial charge in [0.15, 0.2) is 11.6 Å². The number of ketones is 2. The molecule has 0 radical (unpaired) electrons. The van der Waals surface area contributed by atoms with Gasteiger partial charge in [0.25, 0.3) is 5.78 Å². The molecular formula is C26H24N4O2S. The molecule has 0 N–H and O–H groups in total. The van der Waals surface area contributed by atoms with Crippen LogP contribution in [0.1, 0.15) is 69.6 Å². The first kappa shape index (κ1) is 21.5. The first-order chi connectivity index (χ1) is 16.0. The summed E-state index contributed by atoms with van der Waals surface area (Å²) in [6.45, 7) is 4.35. The van der Waals surface area contributed by atoms with E-state index >= 15 is 0 Å². The molecule has 5 rings (SSSR count). The highest BCUT2D eigenvalue weighted by molar-refractivity contribution is 7.99. The van der Waals surface area contributed by atoms with Crippen LogP contribution in [-0.4, -0.2) is 36.9 Å². The third-order valence-electron chi connectivity index (χ3n) is 6.07. The van der Waals surface area contributed by atoms with E-state index in [1.54, 1.807) is 22.8 Å². The van der Waals surface area contributed by atoms with Crippen molar-refractivity contribution in [2.24, 2.45) is 0 Å². The Morgan fingerprint density at radius 1 is 1.06 bits per heavy atom. The van der Waals surface area contributed by atoms with Crippen molar-refractivity contribution in [1.82, 2.24) is 19.6 Å². The Bertz CT molecular complexity index is 1330. The molecule has 1 aliphatic carbocycles. The maximum atomic E-state index is 12.9. The van der Waals surface area contributed by atoms with Gasteiger partial charge in [-0.25, -0.2) is 9.50 Å². The number of benzene rings is 2. The summed E-state index contributed by atoms with van der Waals surface area (Å²) in [5.41, 5.74) is 4.50. The number of nitrogens with zero attached hydrogens (tertiary/aromatic N) is 4. The van der Waals surface area contributed by atoms with Crippen molar-refractivity contribution in [3.63, 3.8) is 0 Å². The first-order valence-electron chi connectivity index (χ1n) is 11.1. The van der Waals surface area contributed by atoms with Crippen LogP contribution in [-0.2, 0) is 6.42 Å². The van der Waals surface area contributed by atoms with Gasteiger partial charge in [-0.2, -0.15) is 4.98 Å². The van der Waals surface area contributed by atoms with Gasteiger partial charge < -0.3 is 0 Å². The van der Waals surface area contributed by atoms with Crippen LogP contribution in [0.25, 0.3) is 5.78 Å². The normalized spacial score (nSPS) is 15.7. The summed E-state index contributed by atoms with van der Waals surface area (Å²) < 4.78 is 1.55. The lowest BCUT2D eigenvalue weighted by atomic mass is 9.81. The van der Waals surface area contributed by atoms with Crippen LogP contribution in [0, 0.1) is 0 Å². The molecule has 1 aliphatic rings. The lowest BCUT2D eigenvalue weighted by Gasteiger charge is -2.23. The topological polar surface area (TPSA) is 77.2 Å². The van der Waals surface area contributed by atoms with Gasteiger partial charge in [0.2, 0.25) is 5.16 Å². The summed E-state index contributed by atoms with van der Waals surface area (Å²) >= 11 is 1.28. The lowest BCUT2D eigenvalue weighted by molar-refractivity contribution is 0.0961. The SMILES string of the molecule is CC(C)c1ccc([C@H]2CC(=O)c3cn4nc(SCC(=O)c5ccccc5)nc4nc3C2)cc1. The highest BCUT2D eigenvalue weighted by Gasteiger charge is 2.28. The standard InChI is InChI=1S/C26H24N4O2S/c1-16(2)17-8-10-18(11-9-17)20-12-22-21(23(31)13-20)14-30-25(27-22)28-26(29-30)33-15-24(32)19-6-4-3-5-7-19/h3-11,14,16,20H,12-13,15H2,1-2H3/t20-/m1/s1. The van der Waals surface area contributed by atoms with E-state index in [9.17, 15) is 9.59 Å². The Balaban J connectivity index is 1.35. The number of carbonyl (C=O) groups is 2. The van der Waals surface area contributed by atoms with Crippen LogP contribution < -0.4 is 0 Å². The monoisotopic (exact) mass is 456 g/mol. The highest BCUT2D eigenvalue weighted by Crippen LogP contribution is 2.33. The Hall–Kier alpha value is -3.32. The number of Topliss-reactive ketones (excluding diaryl/α,β-unsaturated/α-hetero) is 2.